The second-order valence-electron chi connectivity index (χ2n) is 8.39. The number of rotatable bonds is 6. The number of likely N-dealkylation sites (tertiary alicyclic amines) is 1. The summed E-state index contributed by atoms with van der Waals surface area (Å²) in [5.41, 5.74) is 1.02. The number of carbonyl (C=O) groups excluding carboxylic acids is 2. The fourth-order valence-corrected chi connectivity index (χ4v) is 5.02. The molecule has 0 bridgehead atoms. The van der Waals surface area contributed by atoms with Crippen molar-refractivity contribution in [2.45, 2.75) is 24.7 Å². The summed E-state index contributed by atoms with van der Waals surface area (Å²) >= 11 is 0. The highest BCUT2D eigenvalue weighted by molar-refractivity contribution is 7.92. The molecule has 182 valence electrons. The number of nitrogens with zero attached hydrogens (tertiary/aromatic N) is 2. The molecule has 2 aromatic carbocycles. The molecule has 2 N–H and O–H groups in total. The van der Waals surface area contributed by atoms with Gasteiger partial charge in [-0.25, -0.2) is 17.8 Å². The van der Waals surface area contributed by atoms with Crippen LogP contribution in [-0.2, 0) is 14.8 Å². The molecule has 8 nitrogen and oxygen atoms in total. The fraction of sp³-hybridized carbons (Fsp3) is 0.240. The maximum atomic E-state index is 13.9. The summed E-state index contributed by atoms with van der Waals surface area (Å²) in [7, 11) is -4.10. The van der Waals surface area contributed by atoms with Gasteiger partial charge in [0.2, 0.25) is 5.91 Å². The summed E-state index contributed by atoms with van der Waals surface area (Å²) < 4.78 is 41.6. The van der Waals surface area contributed by atoms with Gasteiger partial charge in [0.05, 0.1) is 10.6 Å². The van der Waals surface area contributed by atoms with E-state index in [0.717, 1.165) is 11.6 Å². The Labute approximate surface area is 203 Å². The second-order valence-corrected chi connectivity index (χ2v) is 10.1. The Kier molecular flexibility index (Phi) is 7.11. The highest BCUT2D eigenvalue weighted by Gasteiger charge is 2.28. The Bertz CT molecular complexity index is 1350. The number of para-hydroxylation sites is 1. The van der Waals surface area contributed by atoms with Crippen LogP contribution in [-0.4, -0.2) is 43.2 Å². The molecule has 0 radical (unpaired) electrons. The van der Waals surface area contributed by atoms with Crippen LogP contribution in [0.1, 0.15) is 28.8 Å². The lowest BCUT2D eigenvalue weighted by molar-refractivity contribution is -0.121. The van der Waals surface area contributed by atoms with Crippen molar-refractivity contribution in [2.75, 3.05) is 23.1 Å². The van der Waals surface area contributed by atoms with Crippen molar-refractivity contribution < 1.29 is 22.4 Å². The molecule has 1 aliphatic rings. The lowest BCUT2D eigenvalue weighted by Crippen LogP contribution is -2.41. The van der Waals surface area contributed by atoms with Gasteiger partial charge < -0.3 is 10.2 Å². The maximum Gasteiger partial charge on any atom is 0.262 e. The summed E-state index contributed by atoms with van der Waals surface area (Å²) in [4.78, 5) is 31.2. The largest absolute Gasteiger partial charge is 0.339 e. The van der Waals surface area contributed by atoms with Crippen LogP contribution in [0.25, 0.3) is 0 Å². The van der Waals surface area contributed by atoms with Crippen molar-refractivity contribution in [3.8, 4) is 0 Å². The minimum atomic E-state index is -4.10. The highest BCUT2D eigenvalue weighted by atomic mass is 32.2. The number of amides is 2. The molecule has 0 aliphatic carbocycles. The molecule has 2 heterocycles. The first kappa shape index (κ1) is 24.3. The van der Waals surface area contributed by atoms with E-state index in [4.69, 9.17) is 0 Å². The molecule has 35 heavy (non-hydrogen) atoms. The number of carbonyl (C=O) groups is 2. The van der Waals surface area contributed by atoms with E-state index in [1.165, 1.54) is 42.5 Å². The molecule has 0 atom stereocenters. The number of hydrogen-bond donors (Lipinski definition) is 2. The number of benzene rings is 2. The Morgan fingerprint density at radius 3 is 2.49 bits per heavy atom. The normalized spacial score (nSPS) is 14.4. The molecule has 10 heteroatoms. The molecular formula is C25H25FN4O4S. The second kappa shape index (κ2) is 10.2. The van der Waals surface area contributed by atoms with Crippen LogP contribution in [0.15, 0.2) is 71.8 Å². The summed E-state index contributed by atoms with van der Waals surface area (Å²) in [6, 6.07) is 14.7. The topological polar surface area (TPSA) is 108 Å². The minimum absolute atomic E-state index is 0.137. The first-order valence-corrected chi connectivity index (χ1v) is 12.6. The summed E-state index contributed by atoms with van der Waals surface area (Å²) in [5, 5.41) is 2.82. The molecule has 2 amide bonds. The van der Waals surface area contributed by atoms with Gasteiger partial charge in [-0.05, 0) is 67.8 Å². The first-order chi connectivity index (χ1) is 16.7. The maximum absolute atomic E-state index is 13.9. The van der Waals surface area contributed by atoms with Crippen LogP contribution >= 0.6 is 0 Å². The minimum Gasteiger partial charge on any atom is -0.339 e. The number of hydrogen-bond acceptors (Lipinski definition) is 5. The first-order valence-electron chi connectivity index (χ1n) is 11.1. The van der Waals surface area contributed by atoms with Crippen molar-refractivity contribution in [1.82, 2.24) is 9.88 Å². The number of piperidine rings is 1. The van der Waals surface area contributed by atoms with E-state index in [0.29, 0.717) is 31.7 Å². The van der Waals surface area contributed by atoms with E-state index in [9.17, 15) is 22.4 Å². The summed E-state index contributed by atoms with van der Waals surface area (Å²) in [6.07, 6.45) is 2.60. The van der Waals surface area contributed by atoms with Crippen LogP contribution in [0.4, 0.5) is 15.9 Å². The third kappa shape index (κ3) is 5.83. The van der Waals surface area contributed by atoms with E-state index >= 15 is 0 Å². The van der Waals surface area contributed by atoms with Gasteiger partial charge in [-0.15, -0.1) is 0 Å². The predicted octanol–water partition coefficient (Wildman–Crippen LogP) is 3.82. The average Bonchev–Trinajstić information content (AvgIpc) is 2.85. The molecule has 1 saturated heterocycles. The van der Waals surface area contributed by atoms with Gasteiger partial charge in [0.25, 0.3) is 15.9 Å². The summed E-state index contributed by atoms with van der Waals surface area (Å²) in [6.45, 7) is 2.64. The van der Waals surface area contributed by atoms with Crippen LogP contribution in [0.5, 0.6) is 0 Å². The standard InChI is InChI=1S/C25H25FN4O4S/c1-17-9-12-27-23(15-17)28-24(31)18-10-13-30(14-11-18)25(32)19-5-4-6-20(16-19)35(33,34)29-22-8-3-2-7-21(22)26/h2-9,12,15-16,18,29H,10-11,13-14H2,1H3,(H,27,28,31). The molecule has 1 aliphatic heterocycles. The van der Waals surface area contributed by atoms with E-state index in [2.05, 4.69) is 15.0 Å². The Morgan fingerprint density at radius 2 is 1.77 bits per heavy atom. The van der Waals surface area contributed by atoms with Crippen LogP contribution in [0, 0.1) is 18.7 Å². The quantitative estimate of drug-likeness (QED) is 0.539. The molecule has 3 aromatic rings. The molecule has 4 rings (SSSR count). The Balaban J connectivity index is 1.39. The van der Waals surface area contributed by atoms with Gasteiger partial charge in [-0.3, -0.25) is 14.3 Å². The lowest BCUT2D eigenvalue weighted by atomic mass is 9.95. The smallest absolute Gasteiger partial charge is 0.262 e. The van der Waals surface area contributed by atoms with Gasteiger partial charge in [-0.2, -0.15) is 0 Å². The van der Waals surface area contributed by atoms with Crippen LogP contribution < -0.4 is 10.0 Å². The number of pyridine rings is 1. The van der Waals surface area contributed by atoms with Crippen molar-refractivity contribution in [2.24, 2.45) is 5.92 Å². The number of anilines is 2. The highest BCUT2D eigenvalue weighted by Crippen LogP contribution is 2.23. The summed E-state index contributed by atoms with van der Waals surface area (Å²) in [5.74, 6) is -0.920. The van der Waals surface area contributed by atoms with Crippen molar-refractivity contribution >= 4 is 33.3 Å². The predicted molar refractivity (Wildman–Crippen MR) is 130 cm³/mol. The molecular weight excluding hydrogens is 471 g/mol. The van der Waals surface area contributed by atoms with Crippen molar-refractivity contribution in [3.63, 3.8) is 0 Å². The van der Waals surface area contributed by atoms with Gasteiger partial charge in [0, 0.05) is 30.8 Å². The van der Waals surface area contributed by atoms with E-state index < -0.39 is 15.8 Å². The number of halogens is 1. The van der Waals surface area contributed by atoms with Crippen LogP contribution in [0.2, 0.25) is 0 Å². The number of nitrogens with one attached hydrogen (secondary N) is 2. The van der Waals surface area contributed by atoms with Gasteiger partial charge >= 0.3 is 0 Å². The van der Waals surface area contributed by atoms with Crippen molar-refractivity contribution in [1.29, 1.82) is 0 Å². The van der Waals surface area contributed by atoms with E-state index in [1.807, 2.05) is 13.0 Å². The van der Waals surface area contributed by atoms with Gasteiger partial charge in [0.1, 0.15) is 11.6 Å². The Hall–Kier alpha value is -3.79. The SMILES string of the molecule is Cc1ccnc(NC(=O)C2CCN(C(=O)c3cccc(S(=O)(=O)Nc4ccccc4F)c3)CC2)c1. The molecule has 1 fully saturated rings. The zero-order chi connectivity index (χ0) is 25.0. The molecule has 0 spiro atoms. The molecule has 1 aromatic heterocycles. The van der Waals surface area contributed by atoms with Gasteiger partial charge in [0.15, 0.2) is 0 Å². The fourth-order valence-electron chi connectivity index (χ4n) is 3.90. The number of aromatic nitrogens is 1. The number of aryl methyl sites for hydroxylation is 1. The zero-order valence-electron chi connectivity index (χ0n) is 19.1. The third-order valence-corrected chi connectivity index (χ3v) is 7.19. The molecule has 0 saturated carbocycles. The van der Waals surface area contributed by atoms with E-state index in [1.54, 1.807) is 17.2 Å². The zero-order valence-corrected chi connectivity index (χ0v) is 19.9. The van der Waals surface area contributed by atoms with Crippen LogP contribution in [0.3, 0.4) is 0 Å². The van der Waals surface area contributed by atoms with Gasteiger partial charge in [-0.1, -0.05) is 18.2 Å². The number of sulfonamides is 1. The Morgan fingerprint density at radius 1 is 1.03 bits per heavy atom. The van der Waals surface area contributed by atoms with Crippen molar-refractivity contribution in [3.05, 3.63) is 83.8 Å². The average molecular weight is 497 g/mol. The third-order valence-electron chi connectivity index (χ3n) is 5.83. The monoisotopic (exact) mass is 496 g/mol. The van der Waals surface area contributed by atoms with E-state index in [-0.39, 0.29) is 33.9 Å². The lowest BCUT2D eigenvalue weighted by Gasteiger charge is -2.31. The molecule has 0 unspecified atom stereocenters.